The first kappa shape index (κ1) is 15.8. The Morgan fingerprint density at radius 2 is 2.32 bits per heavy atom. The average molecular weight is 343 g/mol. The molecule has 9 heteroatoms. The van der Waals surface area contributed by atoms with E-state index < -0.39 is 0 Å². The molecule has 1 saturated heterocycles. The van der Waals surface area contributed by atoms with E-state index in [1.165, 1.54) is 12.8 Å². The first-order chi connectivity index (χ1) is 12.3. The second kappa shape index (κ2) is 6.67. The number of anilines is 1. The second-order valence-electron chi connectivity index (χ2n) is 6.21. The summed E-state index contributed by atoms with van der Waals surface area (Å²) in [7, 11) is 0. The van der Waals surface area contributed by atoms with Crippen molar-refractivity contribution in [1.82, 2.24) is 30.2 Å². The number of imidazole rings is 1. The lowest BCUT2D eigenvalue weighted by Gasteiger charge is -2.23. The Hall–Kier alpha value is -2.68. The van der Waals surface area contributed by atoms with Gasteiger partial charge >= 0.3 is 0 Å². The van der Waals surface area contributed by atoms with E-state index in [-0.39, 0.29) is 5.82 Å². The molecule has 1 aliphatic heterocycles. The van der Waals surface area contributed by atoms with Crippen LogP contribution in [0.3, 0.4) is 0 Å². The zero-order valence-corrected chi connectivity index (χ0v) is 14.1. The van der Waals surface area contributed by atoms with Crippen LogP contribution in [0.25, 0.3) is 22.6 Å². The molecule has 1 aliphatic rings. The number of hydrogen-bond acceptors (Lipinski definition) is 8. The summed E-state index contributed by atoms with van der Waals surface area (Å²) in [4.78, 5) is 8.87. The van der Waals surface area contributed by atoms with Crippen molar-refractivity contribution in [2.75, 3.05) is 25.4 Å². The molecule has 0 amide bonds. The van der Waals surface area contributed by atoms with Crippen molar-refractivity contribution >= 4 is 16.9 Å². The third kappa shape index (κ3) is 2.91. The first-order valence-corrected chi connectivity index (χ1v) is 8.54. The topological polar surface area (TPSA) is 117 Å². The summed E-state index contributed by atoms with van der Waals surface area (Å²) in [5, 5.41) is 10.9. The van der Waals surface area contributed by atoms with Gasteiger partial charge in [-0.15, -0.1) is 0 Å². The van der Waals surface area contributed by atoms with Crippen LogP contribution in [0.2, 0.25) is 0 Å². The zero-order chi connectivity index (χ0) is 17.2. The summed E-state index contributed by atoms with van der Waals surface area (Å²) in [5.74, 6) is 2.05. The molecule has 0 aromatic carbocycles. The molecule has 0 saturated carbocycles. The highest BCUT2D eigenvalue weighted by molar-refractivity contribution is 5.85. The van der Waals surface area contributed by atoms with Gasteiger partial charge in [0, 0.05) is 19.0 Å². The fraction of sp³-hybridized carbons (Fsp3) is 0.500. The largest absolute Gasteiger partial charge is 0.489 e. The van der Waals surface area contributed by atoms with E-state index >= 15 is 0 Å². The molecule has 1 fully saturated rings. The highest BCUT2D eigenvalue weighted by Gasteiger charge is 2.21. The summed E-state index contributed by atoms with van der Waals surface area (Å²) in [5.41, 5.74) is 7.89. The van der Waals surface area contributed by atoms with Gasteiger partial charge in [-0.1, -0.05) is 0 Å². The fourth-order valence-corrected chi connectivity index (χ4v) is 3.28. The van der Waals surface area contributed by atoms with Crippen molar-refractivity contribution < 1.29 is 9.37 Å². The minimum atomic E-state index is 0.216. The van der Waals surface area contributed by atoms with Gasteiger partial charge in [0.25, 0.3) is 0 Å². The van der Waals surface area contributed by atoms with Crippen molar-refractivity contribution in [3.63, 3.8) is 0 Å². The van der Waals surface area contributed by atoms with E-state index in [0.717, 1.165) is 29.9 Å². The number of aromatic nitrogens is 5. The van der Waals surface area contributed by atoms with Crippen LogP contribution in [-0.4, -0.2) is 44.5 Å². The minimum Gasteiger partial charge on any atom is -0.489 e. The molecule has 1 atom stereocenters. The van der Waals surface area contributed by atoms with E-state index in [4.69, 9.17) is 15.1 Å². The van der Waals surface area contributed by atoms with Gasteiger partial charge in [0.1, 0.15) is 11.0 Å². The summed E-state index contributed by atoms with van der Waals surface area (Å²) in [6.07, 6.45) is 5.81. The smallest absolute Gasteiger partial charge is 0.199 e. The SMILES string of the molecule is CCn1c(-c2nonc2N)nc2cncc(OC[C@H]3CCCNC3)c21. The molecule has 3 N–H and O–H groups in total. The highest BCUT2D eigenvalue weighted by atomic mass is 16.6. The standard InChI is InChI=1S/C16H21N7O2/c1-2-23-14-11(20-16(23)13-15(17)22-25-21-13)7-19-8-12(14)24-9-10-4-3-5-18-6-10/h7-8,10,18H,2-6,9H2,1H3,(H2,17,22)/t10-/m0/s1. The summed E-state index contributed by atoms with van der Waals surface area (Å²) < 4.78 is 12.8. The molecule has 0 radical (unpaired) electrons. The molecule has 3 aromatic heterocycles. The van der Waals surface area contributed by atoms with Crippen molar-refractivity contribution in [2.24, 2.45) is 5.92 Å². The van der Waals surface area contributed by atoms with Crippen LogP contribution in [0.1, 0.15) is 19.8 Å². The molecule has 132 valence electrons. The number of nitrogens with zero attached hydrogens (tertiary/aromatic N) is 5. The quantitative estimate of drug-likeness (QED) is 0.715. The molecule has 9 nitrogen and oxygen atoms in total. The fourth-order valence-electron chi connectivity index (χ4n) is 3.28. The van der Waals surface area contributed by atoms with Crippen LogP contribution < -0.4 is 15.8 Å². The number of pyridine rings is 1. The maximum absolute atomic E-state index is 6.11. The van der Waals surface area contributed by atoms with Gasteiger partial charge in [-0.25, -0.2) is 9.61 Å². The van der Waals surface area contributed by atoms with E-state index in [9.17, 15) is 0 Å². The third-order valence-electron chi connectivity index (χ3n) is 4.53. The molecule has 0 bridgehead atoms. The van der Waals surface area contributed by atoms with Crippen LogP contribution >= 0.6 is 0 Å². The predicted octanol–water partition coefficient (Wildman–Crippen LogP) is 1.46. The van der Waals surface area contributed by atoms with Gasteiger partial charge < -0.3 is 20.4 Å². The first-order valence-electron chi connectivity index (χ1n) is 8.54. The molecule has 0 aliphatic carbocycles. The Bertz CT molecular complexity index is 867. The number of fused-ring (bicyclic) bond motifs is 1. The van der Waals surface area contributed by atoms with Gasteiger partial charge in [0.2, 0.25) is 0 Å². The number of nitrogens with one attached hydrogen (secondary N) is 1. The van der Waals surface area contributed by atoms with Crippen LogP contribution in [0.15, 0.2) is 17.0 Å². The Labute approximate surface area is 144 Å². The number of aryl methyl sites for hydroxylation is 1. The van der Waals surface area contributed by atoms with Crippen molar-refractivity contribution in [1.29, 1.82) is 0 Å². The van der Waals surface area contributed by atoms with Gasteiger partial charge in [-0.2, -0.15) is 0 Å². The Morgan fingerprint density at radius 1 is 1.40 bits per heavy atom. The molecule has 4 heterocycles. The normalized spacial score (nSPS) is 17.9. The lowest BCUT2D eigenvalue weighted by molar-refractivity contribution is 0.219. The van der Waals surface area contributed by atoms with Crippen LogP contribution in [0.5, 0.6) is 5.75 Å². The average Bonchev–Trinajstić information content (AvgIpc) is 3.23. The van der Waals surface area contributed by atoms with Crippen LogP contribution in [0.4, 0.5) is 5.82 Å². The Kier molecular flexibility index (Phi) is 4.22. The van der Waals surface area contributed by atoms with Crippen LogP contribution in [0, 0.1) is 5.92 Å². The molecule has 25 heavy (non-hydrogen) atoms. The van der Waals surface area contributed by atoms with Gasteiger partial charge in [-0.3, -0.25) is 4.98 Å². The van der Waals surface area contributed by atoms with Gasteiger partial charge in [0.15, 0.2) is 23.1 Å². The molecule has 0 unspecified atom stereocenters. The van der Waals surface area contributed by atoms with Crippen molar-refractivity contribution in [2.45, 2.75) is 26.3 Å². The number of ether oxygens (including phenoxy) is 1. The monoisotopic (exact) mass is 343 g/mol. The Morgan fingerprint density at radius 3 is 3.04 bits per heavy atom. The lowest BCUT2D eigenvalue weighted by Crippen LogP contribution is -2.33. The number of hydrogen-bond donors (Lipinski definition) is 2. The molecular formula is C16H21N7O2. The van der Waals surface area contributed by atoms with Crippen molar-refractivity contribution in [3.05, 3.63) is 12.4 Å². The summed E-state index contributed by atoms with van der Waals surface area (Å²) >= 11 is 0. The van der Waals surface area contributed by atoms with Crippen molar-refractivity contribution in [3.8, 4) is 17.3 Å². The zero-order valence-electron chi connectivity index (χ0n) is 14.1. The van der Waals surface area contributed by atoms with E-state index in [1.54, 1.807) is 12.4 Å². The molecular weight excluding hydrogens is 322 g/mol. The van der Waals surface area contributed by atoms with Crippen LogP contribution in [-0.2, 0) is 6.54 Å². The Balaban J connectivity index is 1.70. The molecule has 0 spiro atoms. The van der Waals surface area contributed by atoms with Gasteiger partial charge in [-0.05, 0) is 36.6 Å². The summed E-state index contributed by atoms with van der Waals surface area (Å²) in [6.45, 7) is 5.45. The third-order valence-corrected chi connectivity index (χ3v) is 4.53. The highest BCUT2D eigenvalue weighted by Crippen LogP contribution is 2.31. The maximum atomic E-state index is 6.11. The minimum absolute atomic E-state index is 0.216. The number of nitrogens with two attached hydrogens (primary N) is 1. The second-order valence-corrected chi connectivity index (χ2v) is 6.21. The predicted molar refractivity (Wildman–Crippen MR) is 92.0 cm³/mol. The van der Waals surface area contributed by atoms with Gasteiger partial charge in [0.05, 0.1) is 19.0 Å². The molecule has 4 rings (SSSR count). The maximum Gasteiger partial charge on any atom is 0.199 e. The number of nitrogen functional groups attached to an aromatic ring is 1. The molecule has 3 aromatic rings. The lowest BCUT2D eigenvalue weighted by atomic mass is 10.0. The van der Waals surface area contributed by atoms with E-state index in [1.807, 2.05) is 11.5 Å². The van der Waals surface area contributed by atoms with E-state index in [0.29, 0.717) is 30.6 Å². The van der Waals surface area contributed by atoms with E-state index in [2.05, 4.69) is 25.6 Å². The number of piperidine rings is 1. The number of rotatable bonds is 5. The summed E-state index contributed by atoms with van der Waals surface area (Å²) in [6, 6.07) is 0.